The van der Waals surface area contributed by atoms with Gasteiger partial charge in [0.05, 0.1) is 19.1 Å². The van der Waals surface area contributed by atoms with Gasteiger partial charge < -0.3 is 20.5 Å². The zero-order valence-corrected chi connectivity index (χ0v) is 10.2. The van der Waals surface area contributed by atoms with Crippen LogP contribution >= 0.6 is 0 Å². The molecular weight excluding hydrogens is 232 g/mol. The zero-order valence-electron chi connectivity index (χ0n) is 10.2. The summed E-state index contributed by atoms with van der Waals surface area (Å²) in [4.78, 5) is 13.4. The van der Waals surface area contributed by atoms with Crippen LogP contribution in [0.1, 0.15) is 12.8 Å². The third kappa shape index (κ3) is 3.37. The topological polar surface area (TPSA) is 75.8 Å². The molecule has 1 amide bonds. The number of nitrogens with two attached hydrogens (primary N) is 1. The van der Waals surface area contributed by atoms with Gasteiger partial charge in [0.25, 0.3) is 0 Å². The number of hydrogen-bond donors (Lipinski definition) is 2. The van der Waals surface area contributed by atoms with E-state index >= 15 is 0 Å². The maximum Gasteiger partial charge on any atom is 0.226 e. The first kappa shape index (κ1) is 12.7. The van der Waals surface area contributed by atoms with Crippen molar-refractivity contribution >= 4 is 11.6 Å². The number of aliphatic hydroxyl groups is 1. The van der Waals surface area contributed by atoms with Crippen LogP contribution in [-0.2, 0) is 4.79 Å². The number of carbonyl (C=O) groups excluding carboxylic acids is 1. The van der Waals surface area contributed by atoms with E-state index in [1.54, 1.807) is 29.2 Å². The summed E-state index contributed by atoms with van der Waals surface area (Å²) >= 11 is 0. The maximum atomic E-state index is 11.8. The molecule has 1 aliphatic rings. The third-order valence-electron chi connectivity index (χ3n) is 2.98. The van der Waals surface area contributed by atoms with Gasteiger partial charge in [-0.05, 0) is 30.7 Å². The van der Waals surface area contributed by atoms with Gasteiger partial charge in [-0.1, -0.05) is 0 Å². The summed E-state index contributed by atoms with van der Waals surface area (Å²) in [7, 11) is 0. The molecule has 3 N–H and O–H groups in total. The van der Waals surface area contributed by atoms with Crippen molar-refractivity contribution in [3.8, 4) is 5.75 Å². The number of likely N-dealkylation sites (tertiary alicyclic amines) is 1. The van der Waals surface area contributed by atoms with E-state index in [1.165, 1.54) is 0 Å². The van der Waals surface area contributed by atoms with Crippen LogP contribution in [0.5, 0.6) is 5.75 Å². The lowest BCUT2D eigenvalue weighted by Gasteiger charge is -2.15. The summed E-state index contributed by atoms with van der Waals surface area (Å²) in [6, 6.07) is 7.07. The standard InChI is InChI=1S/C13H18N2O3/c14-10-1-3-12(4-2-10)18-8-6-13(17)15-7-5-11(16)9-15/h1-4,11,16H,5-9,14H2/t11-/m0/s1. The van der Waals surface area contributed by atoms with E-state index in [-0.39, 0.29) is 12.0 Å². The highest BCUT2D eigenvalue weighted by Crippen LogP contribution is 2.14. The molecule has 0 radical (unpaired) electrons. The SMILES string of the molecule is Nc1ccc(OCCC(=O)N2CC[C@H](O)C2)cc1. The molecule has 0 saturated carbocycles. The van der Waals surface area contributed by atoms with E-state index in [9.17, 15) is 9.90 Å². The van der Waals surface area contributed by atoms with Gasteiger partial charge in [-0.2, -0.15) is 0 Å². The third-order valence-corrected chi connectivity index (χ3v) is 2.98. The largest absolute Gasteiger partial charge is 0.493 e. The molecule has 2 rings (SSSR count). The highest BCUT2D eigenvalue weighted by molar-refractivity contribution is 5.76. The lowest BCUT2D eigenvalue weighted by molar-refractivity contribution is -0.131. The van der Waals surface area contributed by atoms with Crippen molar-refractivity contribution in [1.29, 1.82) is 0 Å². The van der Waals surface area contributed by atoms with Crippen LogP contribution in [0.2, 0.25) is 0 Å². The summed E-state index contributed by atoms with van der Waals surface area (Å²) in [5.74, 6) is 0.737. The van der Waals surface area contributed by atoms with E-state index in [2.05, 4.69) is 0 Å². The average Bonchev–Trinajstić information content (AvgIpc) is 2.78. The van der Waals surface area contributed by atoms with Crippen LogP contribution in [0.3, 0.4) is 0 Å². The molecule has 0 bridgehead atoms. The fraction of sp³-hybridized carbons (Fsp3) is 0.462. The summed E-state index contributed by atoms with van der Waals surface area (Å²) in [6.45, 7) is 1.43. The van der Waals surface area contributed by atoms with Crippen LogP contribution in [0.25, 0.3) is 0 Å². The van der Waals surface area contributed by atoms with Crippen molar-refractivity contribution in [2.75, 3.05) is 25.4 Å². The Morgan fingerprint density at radius 1 is 1.44 bits per heavy atom. The fourth-order valence-electron chi connectivity index (χ4n) is 1.95. The normalized spacial score (nSPS) is 18.9. The molecule has 1 saturated heterocycles. The Labute approximate surface area is 106 Å². The molecule has 0 spiro atoms. The van der Waals surface area contributed by atoms with Crippen molar-refractivity contribution in [2.24, 2.45) is 0 Å². The quantitative estimate of drug-likeness (QED) is 0.769. The first-order valence-electron chi connectivity index (χ1n) is 6.09. The smallest absolute Gasteiger partial charge is 0.226 e. The van der Waals surface area contributed by atoms with E-state index < -0.39 is 0 Å². The summed E-state index contributed by atoms with van der Waals surface area (Å²) < 4.78 is 5.45. The average molecular weight is 250 g/mol. The lowest BCUT2D eigenvalue weighted by Crippen LogP contribution is -2.30. The predicted octanol–water partition coefficient (Wildman–Crippen LogP) is 0.631. The molecule has 1 fully saturated rings. The van der Waals surface area contributed by atoms with Crippen molar-refractivity contribution < 1.29 is 14.6 Å². The molecule has 5 heteroatoms. The molecule has 98 valence electrons. The Morgan fingerprint density at radius 2 is 2.17 bits per heavy atom. The molecule has 1 aromatic carbocycles. The molecule has 0 unspecified atom stereocenters. The number of nitrogens with zero attached hydrogens (tertiary/aromatic N) is 1. The van der Waals surface area contributed by atoms with Crippen molar-refractivity contribution in [3.63, 3.8) is 0 Å². The minimum atomic E-state index is -0.369. The van der Waals surface area contributed by atoms with Gasteiger partial charge in [0, 0.05) is 18.8 Å². The Morgan fingerprint density at radius 3 is 2.78 bits per heavy atom. The molecule has 1 aliphatic heterocycles. The Kier molecular flexibility index (Phi) is 4.04. The molecule has 0 aromatic heterocycles. The first-order chi connectivity index (χ1) is 8.65. The number of β-amino-alcohol motifs (C(OH)–C–C–N with tert-alkyl or cyclic N) is 1. The number of anilines is 1. The Hall–Kier alpha value is -1.75. The van der Waals surface area contributed by atoms with Gasteiger partial charge in [-0.15, -0.1) is 0 Å². The fourth-order valence-corrected chi connectivity index (χ4v) is 1.95. The number of ether oxygens (including phenoxy) is 1. The molecule has 18 heavy (non-hydrogen) atoms. The summed E-state index contributed by atoms with van der Waals surface area (Å²) in [5.41, 5.74) is 6.24. The van der Waals surface area contributed by atoms with Crippen LogP contribution in [0.4, 0.5) is 5.69 Å². The monoisotopic (exact) mass is 250 g/mol. The number of carbonyl (C=O) groups is 1. The minimum absolute atomic E-state index is 0.0296. The maximum absolute atomic E-state index is 11.8. The van der Waals surface area contributed by atoms with Crippen molar-refractivity contribution in [3.05, 3.63) is 24.3 Å². The molecule has 1 heterocycles. The highest BCUT2D eigenvalue weighted by Gasteiger charge is 2.23. The Balaban J connectivity index is 1.72. The van der Waals surface area contributed by atoms with Crippen molar-refractivity contribution in [2.45, 2.75) is 18.9 Å². The number of nitrogen functional groups attached to an aromatic ring is 1. The predicted molar refractivity (Wildman–Crippen MR) is 68.2 cm³/mol. The second-order valence-electron chi connectivity index (χ2n) is 4.45. The van der Waals surface area contributed by atoms with Gasteiger partial charge in [-0.3, -0.25) is 4.79 Å². The van der Waals surface area contributed by atoms with Crippen LogP contribution in [0, 0.1) is 0 Å². The number of aliphatic hydroxyl groups excluding tert-OH is 1. The van der Waals surface area contributed by atoms with Crippen LogP contribution in [0.15, 0.2) is 24.3 Å². The molecule has 0 aliphatic carbocycles. The molecule has 1 atom stereocenters. The van der Waals surface area contributed by atoms with E-state index in [0.29, 0.717) is 44.0 Å². The van der Waals surface area contributed by atoms with Crippen LogP contribution in [-0.4, -0.2) is 41.7 Å². The van der Waals surface area contributed by atoms with Crippen molar-refractivity contribution in [1.82, 2.24) is 4.90 Å². The van der Waals surface area contributed by atoms with Gasteiger partial charge in [0.1, 0.15) is 5.75 Å². The first-order valence-corrected chi connectivity index (χ1v) is 6.09. The number of amides is 1. The van der Waals surface area contributed by atoms with Gasteiger partial charge >= 0.3 is 0 Å². The van der Waals surface area contributed by atoms with E-state index in [1.807, 2.05) is 0 Å². The second kappa shape index (κ2) is 5.73. The van der Waals surface area contributed by atoms with E-state index in [0.717, 1.165) is 0 Å². The second-order valence-corrected chi connectivity index (χ2v) is 4.45. The number of rotatable bonds is 4. The summed E-state index contributed by atoms with van der Waals surface area (Å²) in [6.07, 6.45) is 0.633. The highest BCUT2D eigenvalue weighted by atomic mass is 16.5. The van der Waals surface area contributed by atoms with Gasteiger partial charge in [0.2, 0.25) is 5.91 Å². The minimum Gasteiger partial charge on any atom is -0.493 e. The summed E-state index contributed by atoms with van der Waals surface area (Å²) in [5, 5.41) is 9.34. The van der Waals surface area contributed by atoms with Gasteiger partial charge in [-0.25, -0.2) is 0 Å². The zero-order chi connectivity index (χ0) is 13.0. The number of hydrogen-bond acceptors (Lipinski definition) is 4. The molecule has 5 nitrogen and oxygen atoms in total. The van der Waals surface area contributed by atoms with Crippen LogP contribution < -0.4 is 10.5 Å². The molecular formula is C13H18N2O3. The Bertz CT molecular complexity index is 405. The number of benzene rings is 1. The van der Waals surface area contributed by atoms with Gasteiger partial charge in [0.15, 0.2) is 0 Å². The van der Waals surface area contributed by atoms with E-state index in [4.69, 9.17) is 10.5 Å². The molecule has 1 aromatic rings. The lowest BCUT2D eigenvalue weighted by atomic mass is 10.3.